The average Bonchev–Trinajstić information content (AvgIpc) is 3.22. The van der Waals surface area contributed by atoms with Gasteiger partial charge in [0.15, 0.2) is 11.6 Å². The lowest BCUT2D eigenvalue weighted by molar-refractivity contribution is 0.253. The van der Waals surface area contributed by atoms with E-state index in [2.05, 4.69) is 0 Å². The van der Waals surface area contributed by atoms with Crippen molar-refractivity contribution in [2.45, 2.75) is 50.5 Å². The molecule has 1 aromatic rings. The van der Waals surface area contributed by atoms with Crippen LogP contribution in [0.5, 0.6) is 5.75 Å². The minimum Gasteiger partial charge on any atom is -0.490 e. The molecular formula is C16H22FNO. The van der Waals surface area contributed by atoms with E-state index in [1.165, 1.54) is 25.3 Å². The second kappa shape index (κ2) is 5.12. The number of ether oxygens (including phenoxy) is 1. The number of nitrogens with two attached hydrogens (primary N) is 1. The van der Waals surface area contributed by atoms with Crippen LogP contribution in [-0.4, -0.2) is 6.61 Å². The van der Waals surface area contributed by atoms with Crippen LogP contribution in [0.2, 0.25) is 0 Å². The number of halogens is 1. The molecule has 0 aromatic heterocycles. The van der Waals surface area contributed by atoms with Crippen LogP contribution in [-0.2, 0) is 5.54 Å². The van der Waals surface area contributed by atoms with Gasteiger partial charge < -0.3 is 10.5 Å². The van der Waals surface area contributed by atoms with E-state index >= 15 is 0 Å². The fourth-order valence-corrected chi connectivity index (χ4v) is 2.99. The maximum absolute atomic E-state index is 14.1. The van der Waals surface area contributed by atoms with Gasteiger partial charge in [-0.25, -0.2) is 4.39 Å². The minimum atomic E-state index is -0.404. The third kappa shape index (κ3) is 2.76. The summed E-state index contributed by atoms with van der Waals surface area (Å²) in [4.78, 5) is 0. The molecule has 0 heterocycles. The van der Waals surface area contributed by atoms with E-state index in [-0.39, 0.29) is 5.82 Å². The number of benzene rings is 1. The maximum Gasteiger partial charge on any atom is 0.165 e. The van der Waals surface area contributed by atoms with Gasteiger partial charge in [-0.3, -0.25) is 0 Å². The Kier molecular flexibility index (Phi) is 3.48. The molecule has 2 aliphatic rings. The van der Waals surface area contributed by atoms with Crippen molar-refractivity contribution in [3.8, 4) is 5.75 Å². The van der Waals surface area contributed by atoms with Crippen molar-refractivity contribution in [2.24, 2.45) is 11.7 Å². The van der Waals surface area contributed by atoms with Crippen molar-refractivity contribution in [1.82, 2.24) is 0 Å². The molecule has 0 spiro atoms. The Morgan fingerprint density at radius 3 is 2.63 bits per heavy atom. The molecule has 2 aliphatic carbocycles. The van der Waals surface area contributed by atoms with Gasteiger partial charge in [0.05, 0.1) is 6.61 Å². The van der Waals surface area contributed by atoms with Gasteiger partial charge in [-0.1, -0.05) is 31.4 Å². The zero-order chi connectivity index (χ0) is 13.3. The Morgan fingerprint density at radius 1 is 1.21 bits per heavy atom. The monoisotopic (exact) mass is 263 g/mol. The van der Waals surface area contributed by atoms with Crippen LogP contribution < -0.4 is 10.5 Å². The summed E-state index contributed by atoms with van der Waals surface area (Å²) in [6.45, 7) is 0.629. The summed E-state index contributed by atoms with van der Waals surface area (Å²) in [6.07, 6.45) is 7.73. The second-order valence-electron chi connectivity index (χ2n) is 6.09. The highest BCUT2D eigenvalue weighted by molar-refractivity contribution is 5.40. The van der Waals surface area contributed by atoms with Crippen molar-refractivity contribution in [3.63, 3.8) is 0 Å². The molecule has 2 nitrogen and oxygen atoms in total. The van der Waals surface area contributed by atoms with Crippen LogP contribution >= 0.6 is 0 Å². The fourth-order valence-electron chi connectivity index (χ4n) is 2.99. The SMILES string of the molecule is NC1(c2cccc(F)c2OCC2CC2)CCCCC1. The molecule has 0 radical (unpaired) electrons. The zero-order valence-electron chi connectivity index (χ0n) is 11.3. The summed E-state index contributed by atoms with van der Waals surface area (Å²) < 4.78 is 19.8. The molecule has 2 N–H and O–H groups in total. The molecule has 1 aromatic carbocycles. The highest BCUT2D eigenvalue weighted by Gasteiger charge is 2.33. The smallest absolute Gasteiger partial charge is 0.165 e. The molecule has 0 saturated heterocycles. The largest absolute Gasteiger partial charge is 0.490 e. The van der Waals surface area contributed by atoms with Crippen molar-refractivity contribution in [1.29, 1.82) is 0 Å². The van der Waals surface area contributed by atoms with E-state index in [0.29, 0.717) is 18.3 Å². The molecule has 19 heavy (non-hydrogen) atoms. The molecule has 3 rings (SSSR count). The number of hydrogen-bond acceptors (Lipinski definition) is 2. The fraction of sp³-hybridized carbons (Fsp3) is 0.625. The highest BCUT2D eigenvalue weighted by atomic mass is 19.1. The summed E-state index contributed by atoms with van der Waals surface area (Å²) in [7, 11) is 0. The Balaban J connectivity index is 1.87. The lowest BCUT2D eigenvalue weighted by Gasteiger charge is -2.35. The minimum absolute atomic E-state index is 0.270. The van der Waals surface area contributed by atoms with Crippen LogP contribution in [0.1, 0.15) is 50.5 Å². The quantitative estimate of drug-likeness (QED) is 0.898. The van der Waals surface area contributed by atoms with Gasteiger partial charge >= 0.3 is 0 Å². The standard InChI is InChI=1S/C16H22FNO/c17-14-6-4-5-13(15(14)19-11-12-7-8-12)16(18)9-2-1-3-10-16/h4-6,12H,1-3,7-11,18H2. The van der Waals surface area contributed by atoms with Gasteiger partial charge in [0, 0.05) is 11.1 Å². The van der Waals surface area contributed by atoms with Gasteiger partial charge in [-0.05, 0) is 37.7 Å². The van der Waals surface area contributed by atoms with E-state index in [0.717, 1.165) is 31.2 Å². The third-order valence-electron chi connectivity index (χ3n) is 4.41. The van der Waals surface area contributed by atoms with Gasteiger partial charge in [0.2, 0.25) is 0 Å². The van der Waals surface area contributed by atoms with Gasteiger partial charge in [0.1, 0.15) is 0 Å². The van der Waals surface area contributed by atoms with Crippen LogP contribution in [0.25, 0.3) is 0 Å². The van der Waals surface area contributed by atoms with Crippen LogP contribution in [0.15, 0.2) is 18.2 Å². The van der Waals surface area contributed by atoms with Gasteiger partial charge in [0.25, 0.3) is 0 Å². The van der Waals surface area contributed by atoms with Crippen LogP contribution in [0.3, 0.4) is 0 Å². The normalized spacial score (nSPS) is 22.2. The molecule has 2 fully saturated rings. The molecule has 104 valence electrons. The first-order chi connectivity index (χ1) is 9.19. The number of para-hydroxylation sites is 1. The Hall–Kier alpha value is -1.09. The predicted molar refractivity (Wildman–Crippen MR) is 73.6 cm³/mol. The van der Waals surface area contributed by atoms with E-state index in [9.17, 15) is 4.39 Å². The molecule has 0 atom stereocenters. The van der Waals surface area contributed by atoms with Crippen LogP contribution in [0, 0.1) is 11.7 Å². The first kappa shape index (κ1) is 12.9. The molecule has 0 amide bonds. The highest BCUT2D eigenvalue weighted by Crippen LogP contribution is 2.41. The Morgan fingerprint density at radius 2 is 1.95 bits per heavy atom. The van der Waals surface area contributed by atoms with Crippen molar-refractivity contribution < 1.29 is 9.13 Å². The summed E-state index contributed by atoms with van der Waals surface area (Å²) in [6, 6.07) is 5.16. The van der Waals surface area contributed by atoms with Crippen molar-refractivity contribution >= 4 is 0 Å². The van der Waals surface area contributed by atoms with Crippen molar-refractivity contribution in [3.05, 3.63) is 29.6 Å². The number of rotatable bonds is 4. The van der Waals surface area contributed by atoms with E-state index < -0.39 is 5.54 Å². The third-order valence-corrected chi connectivity index (χ3v) is 4.41. The van der Waals surface area contributed by atoms with Crippen LogP contribution in [0.4, 0.5) is 4.39 Å². The summed E-state index contributed by atoms with van der Waals surface area (Å²) in [5.41, 5.74) is 6.99. The second-order valence-corrected chi connectivity index (χ2v) is 6.09. The first-order valence-corrected chi connectivity index (χ1v) is 7.40. The zero-order valence-corrected chi connectivity index (χ0v) is 11.3. The summed E-state index contributed by atoms with van der Waals surface area (Å²) >= 11 is 0. The van der Waals surface area contributed by atoms with Gasteiger partial charge in [-0.2, -0.15) is 0 Å². The molecule has 2 saturated carbocycles. The molecule has 3 heteroatoms. The van der Waals surface area contributed by atoms with E-state index in [1.54, 1.807) is 6.07 Å². The Bertz CT molecular complexity index is 450. The summed E-state index contributed by atoms with van der Waals surface area (Å²) in [5.74, 6) is 0.750. The van der Waals surface area contributed by atoms with Crippen molar-refractivity contribution in [2.75, 3.05) is 6.61 Å². The van der Waals surface area contributed by atoms with Gasteiger partial charge in [-0.15, -0.1) is 0 Å². The molecule has 0 unspecified atom stereocenters. The lowest BCUT2D eigenvalue weighted by atomic mass is 9.77. The lowest BCUT2D eigenvalue weighted by Crippen LogP contribution is -2.39. The average molecular weight is 263 g/mol. The van der Waals surface area contributed by atoms with E-state index in [4.69, 9.17) is 10.5 Å². The molecule has 0 bridgehead atoms. The topological polar surface area (TPSA) is 35.2 Å². The summed E-state index contributed by atoms with van der Waals surface area (Å²) in [5, 5.41) is 0. The predicted octanol–water partition coefficient (Wildman–Crippen LogP) is 3.73. The number of hydrogen-bond donors (Lipinski definition) is 1. The molecule has 0 aliphatic heterocycles. The molecular weight excluding hydrogens is 241 g/mol. The van der Waals surface area contributed by atoms with E-state index in [1.807, 2.05) is 6.07 Å². The Labute approximate surface area is 114 Å². The maximum atomic E-state index is 14.1. The first-order valence-electron chi connectivity index (χ1n) is 7.40.